The average Bonchev–Trinajstić information content (AvgIpc) is 2.30. The van der Waals surface area contributed by atoms with Gasteiger partial charge in [-0.1, -0.05) is 13.8 Å². The molecule has 14 heavy (non-hydrogen) atoms. The fourth-order valence-electron chi connectivity index (χ4n) is 3.00. The number of aliphatic hydroxyl groups is 1. The summed E-state index contributed by atoms with van der Waals surface area (Å²) in [6, 6.07) is 0. The fraction of sp³-hybridized carbons (Fsp3) is 0.909. The van der Waals surface area contributed by atoms with Crippen molar-refractivity contribution < 1.29 is 14.6 Å². The minimum atomic E-state index is -0.954. The molecule has 4 atom stereocenters. The molecule has 3 heteroatoms. The summed E-state index contributed by atoms with van der Waals surface area (Å²) in [5.41, 5.74) is -1.90. The predicted molar refractivity (Wildman–Crippen MR) is 51.9 cm³/mol. The van der Waals surface area contributed by atoms with Gasteiger partial charge in [-0.3, -0.25) is 4.79 Å². The van der Waals surface area contributed by atoms with Gasteiger partial charge in [-0.25, -0.2) is 0 Å². The quantitative estimate of drug-likeness (QED) is 0.635. The van der Waals surface area contributed by atoms with Crippen LogP contribution in [-0.4, -0.2) is 28.7 Å². The Bertz CT molecular complexity index is 276. The van der Waals surface area contributed by atoms with Crippen LogP contribution in [0.5, 0.6) is 0 Å². The second kappa shape index (κ2) is 2.80. The van der Waals surface area contributed by atoms with E-state index >= 15 is 0 Å². The molecule has 1 saturated heterocycles. The summed E-state index contributed by atoms with van der Waals surface area (Å²) in [5, 5.41) is 10.5. The van der Waals surface area contributed by atoms with E-state index in [4.69, 9.17) is 4.74 Å². The van der Waals surface area contributed by atoms with Crippen LogP contribution in [0.2, 0.25) is 0 Å². The standard InChI is InChI=1S/C11H18O3/c1-7-8(2)11(13)5-4-6-14-10(11,3)9(7)12/h7-8,13H,4-6H2,1-3H3/t7-,8-,10-,11-/m0/s1. The number of rotatable bonds is 0. The van der Waals surface area contributed by atoms with E-state index in [0.717, 1.165) is 6.42 Å². The van der Waals surface area contributed by atoms with Crippen molar-refractivity contribution in [1.29, 1.82) is 0 Å². The number of ether oxygens (including phenoxy) is 1. The Hall–Kier alpha value is -0.410. The Morgan fingerprint density at radius 1 is 1.50 bits per heavy atom. The van der Waals surface area contributed by atoms with E-state index in [2.05, 4.69) is 0 Å². The van der Waals surface area contributed by atoms with E-state index in [0.29, 0.717) is 13.0 Å². The molecule has 2 rings (SSSR count). The Morgan fingerprint density at radius 2 is 2.14 bits per heavy atom. The van der Waals surface area contributed by atoms with Gasteiger partial charge in [0.05, 0.1) is 0 Å². The van der Waals surface area contributed by atoms with Crippen molar-refractivity contribution in [3.8, 4) is 0 Å². The molecule has 2 fully saturated rings. The van der Waals surface area contributed by atoms with Crippen LogP contribution in [0.3, 0.4) is 0 Å². The summed E-state index contributed by atoms with van der Waals surface area (Å²) in [6.07, 6.45) is 1.52. The minimum Gasteiger partial charge on any atom is -0.386 e. The van der Waals surface area contributed by atoms with Crippen molar-refractivity contribution in [3.63, 3.8) is 0 Å². The topological polar surface area (TPSA) is 46.5 Å². The van der Waals surface area contributed by atoms with Crippen molar-refractivity contribution >= 4 is 5.78 Å². The zero-order chi connectivity index (χ0) is 10.6. The first kappa shape index (κ1) is 10.1. The van der Waals surface area contributed by atoms with Crippen molar-refractivity contribution in [2.45, 2.75) is 44.8 Å². The summed E-state index contributed by atoms with van der Waals surface area (Å²) in [5.74, 6) is -0.0319. The summed E-state index contributed by atoms with van der Waals surface area (Å²) in [6.45, 7) is 6.17. The van der Waals surface area contributed by atoms with Gasteiger partial charge in [0.25, 0.3) is 0 Å². The lowest BCUT2D eigenvalue weighted by Crippen LogP contribution is -2.58. The third-order valence-corrected chi connectivity index (χ3v) is 4.31. The number of Topliss-reactive ketones (excluding diaryl/α,β-unsaturated/α-hetero) is 1. The molecule has 1 aliphatic heterocycles. The van der Waals surface area contributed by atoms with Gasteiger partial charge in [0.2, 0.25) is 0 Å². The number of hydrogen-bond acceptors (Lipinski definition) is 3. The summed E-state index contributed by atoms with van der Waals surface area (Å²) >= 11 is 0. The first-order valence-corrected chi connectivity index (χ1v) is 5.34. The molecule has 0 amide bonds. The normalized spacial score (nSPS) is 53.3. The van der Waals surface area contributed by atoms with Crippen LogP contribution in [0.1, 0.15) is 33.6 Å². The summed E-state index contributed by atoms with van der Waals surface area (Å²) in [4.78, 5) is 12.0. The second-order valence-corrected chi connectivity index (χ2v) is 4.85. The van der Waals surface area contributed by atoms with Gasteiger partial charge < -0.3 is 9.84 Å². The Morgan fingerprint density at radius 3 is 2.71 bits per heavy atom. The van der Waals surface area contributed by atoms with Crippen LogP contribution in [-0.2, 0) is 9.53 Å². The molecule has 0 radical (unpaired) electrons. The third-order valence-electron chi connectivity index (χ3n) is 4.31. The average molecular weight is 198 g/mol. The third kappa shape index (κ3) is 0.920. The van der Waals surface area contributed by atoms with E-state index in [9.17, 15) is 9.90 Å². The lowest BCUT2D eigenvalue weighted by atomic mass is 9.76. The lowest BCUT2D eigenvalue weighted by Gasteiger charge is -2.44. The highest BCUT2D eigenvalue weighted by molar-refractivity contribution is 5.93. The van der Waals surface area contributed by atoms with Gasteiger partial charge in [-0.15, -0.1) is 0 Å². The zero-order valence-electron chi connectivity index (χ0n) is 9.04. The highest BCUT2D eigenvalue weighted by Crippen LogP contribution is 2.50. The van der Waals surface area contributed by atoms with Crippen LogP contribution < -0.4 is 0 Å². The summed E-state index contributed by atoms with van der Waals surface area (Å²) < 4.78 is 5.55. The molecule has 0 bridgehead atoms. The highest BCUT2D eigenvalue weighted by atomic mass is 16.5. The van der Waals surface area contributed by atoms with Crippen LogP contribution in [0.4, 0.5) is 0 Å². The van der Waals surface area contributed by atoms with E-state index in [-0.39, 0.29) is 17.6 Å². The number of hydrogen-bond donors (Lipinski definition) is 1. The predicted octanol–water partition coefficient (Wildman–Crippen LogP) is 1.14. The van der Waals surface area contributed by atoms with Crippen LogP contribution >= 0.6 is 0 Å². The minimum absolute atomic E-state index is 0.000278. The van der Waals surface area contributed by atoms with E-state index in [1.807, 2.05) is 13.8 Å². The smallest absolute Gasteiger partial charge is 0.170 e. The largest absolute Gasteiger partial charge is 0.386 e. The van der Waals surface area contributed by atoms with Crippen LogP contribution in [0, 0.1) is 11.8 Å². The van der Waals surface area contributed by atoms with Gasteiger partial charge in [0, 0.05) is 12.5 Å². The van der Waals surface area contributed by atoms with Crippen molar-refractivity contribution in [3.05, 3.63) is 0 Å². The van der Waals surface area contributed by atoms with Gasteiger partial charge in [-0.2, -0.15) is 0 Å². The maximum atomic E-state index is 12.0. The maximum absolute atomic E-state index is 12.0. The molecule has 1 aliphatic carbocycles. The van der Waals surface area contributed by atoms with E-state index in [1.165, 1.54) is 0 Å². The number of carbonyl (C=O) groups is 1. The monoisotopic (exact) mass is 198 g/mol. The van der Waals surface area contributed by atoms with Gasteiger partial charge in [0.1, 0.15) is 5.60 Å². The highest BCUT2D eigenvalue weighted by Gasteiger charge is 2.65. The molecule has 0 aromatic carbocycles. The molecule has 1 N–H and O–H groups in total. The molecule has 0 aromatic heterocycles. The van der Waals surface area contributed by atoms with Crippen molar-refractivity contribution in [2.24, 2.45) is 11.8 Å². The first-order valence-electron chi connectivity index (χ1n) is 5.34. The zero-order valence-corrected chi connectivity index (χ0v) is 9.04. The van der Waals surface area contributed by atoms with E-state index < -0.39 is 11.2 Å². The number of fused-ring (bicyclic) bond motifs is 1. The number of carbonyl (C=O) groups excluding carboxylic acids is 1. The molecule has 2 aliphatic rings. The molecule has 1 saturated carbocycles. The molecular formula is C11H18O3. The van der Waals surface area contributed by atoms with Gasteiger partial charge in [-0.05, 0) is 25.7 Å². The van der Waals surface area contributed by atoms with Crippen LogP contribution in [0.25, 0.3) is 0 Å². The SMILES string of the molecule is C[C@@H]1C(=O)[C@]2(C)OCCC[C@]2(O)[C@H]1C. The van der Waals surface area contributed by atoms with Crippen molar-refractivity contribution in [1.82, 2.24) is 0 Å². The molecule has 0 unspecified atom stereocenters. The van der Waals surface area contributed by atoms with Gasteiger partial charge >= 0.3 is 0 Å². The van der Waals surface area contributed by atoms with E-state index in [1.54, 1.807) is 6.92 Å². The Balaban J connectivity index is 2.46. The molecule has 0 aromatic rings. The van der Waals surface area contributed by atoms with Crippen LogP contribution in [0.15, 0.2) is 0 Å². The maximum Gasteiger partial charge on any atom is 0.170 e. The Kier molecular flexibility index (Phi) is 2.02. The number of ketones is 1. The molecule has 3 nitrogen and oxygen atoms in total. The second-order valence-electron chi connectivity index (χ2n) is 4.85. The fourth-order valence-corrected chi connectivity index (χ4v) is 3.00. The summed E-state index contributed by atoms with van der Waals surface area (Å²) in [7, 11) is 0. The first-order chi connectivity index (χ1) is 6.43. The lowest BCUT2D eigenvalue weighted by molar-refractivity contribution is -0.200. The molecule has 1 heterocycles. The Labute approximate surface area is 84.4 Å². The molecular weight excluding hydrogens is 180 g/mol. The molecule has 0 spiro atoms. The van der Waals surface area contributed by atoms with Crippen molar-refractivity contribution in [2.75, 3.05) is 6.61 Å². The van der Waals surface area contributed by atoms with Gasteiger partial charge in [0.15, 0.2) is 11.4 Å². The molecule has 80 valence electrons.